The molecule has 1 fully saturated rings. The predicted octanol–water partition coefficient (Wildman–Crippen LogP) is 3.15. The zero-order chi connectivity index (χ0) is 23.5. The van der Waals surface area contributed by atoms with Crippen LogP contribution < -0.4 is 10.2 Å². The zero-order valence-electron chi connectivity index (χ0n) is 18.4. The minimum absolute atomic E-state index is 0.101. The average molecular weight is 461 g/mol. The van der Waals surface area contributed by atoms with E-state index in [1.807, 2.05) is 12.1 Å². The number of nitrogens with one attached hydrogen (secondary N) is 1. The molecule has 0 radical (unpaired) electrons. The number of sulfonamides is 1. The summed E-state index contributed by atoms with van der Waals surface area (Å²) in [6, 6.07) is 11.3. The molecule has 2 aromatic rings. The van der Waals surface area contributed by atoms with Crippen LogP contribution in [0.3, 0.4) is 0 Å². The van der Waals surface area contributed by atoms with Gasteiger partial charge in [0, 0.05) is 44.4 Å². The van der Waals surface area contributed by atoms with Gasteiger partial charge in [0.25, 0.3) is 11.6 Å². The number of amides is 1. The summed E-state index contributed by atoms with van der Waals surface area (Å²) in [6.07, 6.45) is 2.03. The Bertz CT molecular complexity index is 1090. The summed E-state index contributed by atoms with van der Waals surface area (Å²) in [5.41, 5.74) is 1.47. The summed E-state index contributed by atoms with van der Waals surface area (Å²) in [6.45, 7) is 4.36. The molecular formula is C22H28N4O5S. The van der Waals surface area contributed by atoms with Crippen LogP contribution >= 0.6 is 0 Å². The van der Waals surface area contributed by atoms with Crippen LogP contribution in [0.4, 0.5) is 11.4 Å². The Kier molecular flexibility index (Phi) is 7.15. The van der Waals surface area contributed by atoms with Crippen LogP contribution in [0.2, 0.25) is 0 Å². The second-order valence-electron chi connectivity index (χ2n) is 7.80. The molecule has 2 aromatic carbocycles. The van der Waals surface area contributed by atoms with Crippen molar-refractivity contribution in [1.29, 1.82) is 0 Å². The maximum absolute atomic E-state index is 12.8. The minimum atomic E-state index is -3.80. The van der Waals surface area contributed by atoms with Crippen molar-refractivity contribution in [2.24, 2.45) is 0 Å². The first-order chi connectivity index (χ1) is 15.2. The molecule has 172 valence electrons. The molecule has 1 aliphatic rings. The summed E-state index contributed by atoms with van der Waals surface area (Å²) in [5, 5.41) is 14.6. The molecule has 0 aromatic heterocycles. The lowest BCUT2D eigenvalue weighted by Crippen LogP contribution is -2.30. The molecule has 1 saturated carbocycles. The second kappa shape index (κ2) is 9.66. The van der Waals surface area contributed by atoms with E-state index in [-0.39, 0.29) is 35.6 Å². The Labute approximate surface area is 188 Å². The molecule has 0 bridgehead atoms. The first-order valence-corrected chi connectivity index (χ1v) is 12.0. The van der Waals surface area contributed by atoms with Crippen LogP contribution in [0.1, 0.15) is 42.6 Å². The number of benzene rings is 2. The van der Waals surface area contributed by atoms with Gasteiger partial charge >= 0.3 is 0 Å². The van der Waals surface area contributed by atoms with Gasteiger partial charge in [-0.05, 0) is 42.7 Å². The minimum Gasteiger partial charge on any atom is -0.365 e. The topological polar surface area (TPSA) is 113 Å². The number of nitrogens with zero attached hydrogens (tertiary/aromatic N) is 3. The Morgan fingerprint density at radius 1 is 1.12 bits per heavy atom. The van der Waals surface area contributed by atoms with E-state index in [0.717, 1.165) is 24.5 Å². The van der Waals surface area contributed by atoms with Crippen LogP contribution in [0, 0.1) is 10.1 Å². The fourth-order valence-corrected chi connectivity index (χ4v) is 4.94. The van der Waals surface area contributed by atoms with Gasteiger partial charge in [-0.15, -0.1) is 0 Å². The number of anilines is 1. The molecule has 0 unspecified atom stereocenters. The standard InChI is InChI=1S/C22H28N4O5S/c1-4-25(5-2)32(30,31)19-12-13-20(21(14-19)26(28)29)24(3)15-16-6-8-17(9-7-16)22(27)23-18-10-11-18/h6-9,12-14,18H,4-5,10-11,15H2,1-3H3,(H,23,27). The van der Waals surface area contributed by atoms with Gasteiger partial charge in [0.2, 0.25) is 10.0 Å². The number of nitro groups is 1. The first-order valence-electron chi connectivity index (χ1n) is 10.6. The van der Waals surface area contributed by atoms with Crippen molar-refractivity contribution in [1.82, 2.24) is 9.62 Å². The molecule has 1 N–H and O–H groups in total. The van der Waals surface area contributed by atoms with Crippen LogP contribution in [0.5, 0.6) is 0 Å². The molecule has 0 spiro atoms. The third-order valence-corrected chi connectivity index (χ3v) is 7.49. The number of hydrogen-bond acceptors (Lipinski definition) is 6. The molecule has 0 saturated heterocycles. The molecule has 10 heteroatoms. The number of carbonyl (C=O) groups excluding carboxylic acids is 1. The molecule has 0 heterocycles. The largest absolute Gasteiger partial charge is 0.365 e. The Morgan fingerprint density at radius 3 is 2.28 bits per heavy atom. The van der Waals surface area contributed by atoms with Gasteiger partial charge in [-0.3, -0.25) is 14.9 Å². The van der Waals surface area contributed by atoms with Gasteiger partial charge in [0.1, 0.15) is 5.69 Å². The van der Waals surface area contributed by atoms with Crippen molar-refractivity contribution >= 4 is 27.3 Å². The highest BCUT2D eigenvalue weighted by atomic mass is 32.2. The normalized spacial score (nSPS) is 13.8. The lowest BCUT2D eigenvalue weighted by molar-refractivity contribution is -0.384. The first kappa shape index (κ1) is 23.7. The number of nitro benzene ring substituents is 1. The fourth-order valence-electron chi connectivity index (χ4n) is 3.46. The summed E-state index contributed by atoms with van der Waals surface area (Å²) in [5.74, 6) is -0.104. The van der Waals surface area contributed by atoms with Crippen molar-refractivity contribution in [2.75, 3.05) is 25.0 Å². The van der Waals surface area contributed by atoms with E-state index in [1.54, 1.807) is 37.9 Å². The van der Waals surface area contributed by atoms with E-state index in [0.29, 0.717) is 17.8 Å². The van der Waals surface area contributed by atoms with Gasteiger partial charge in [0.05, 0.1) is 9.82 Å². The van der Waals surface area contributed by atoms with Crippen LogP contribution in [-0.4, -0.2) is 49.7 Å². The summed E-state index contributed by atoms with van der Waals surface area (Å²) >= 11 is 0. The smallest absolute Gasteiger partial charge is 0.293 e. The van der Waals surface area contributed by atoms with Gasteiger partial charge in [0.15, 0.2) is 0 Å². The van der Waals surface area contributed by atoms with E-state index in [4.69, 9.17) is 0 Å². The van der Waals surface area contributed by atoms with E-state index in [1.165, 1.54) is 16.4 Å². The summed E-state index contributed by atoms with van der Waals surface area (Å²) in [4.78, 5) is 24.8. The summed E-state index contributed by atoms with van der Waals surface area (Å²) < 4.78 is 26.8. The van der Waals surface area contributed by atoms with Gasteiger partial charge in [-0.1, -0.05) is 26.0 Å². The molecule has 9 nitrogen and oxygen atoms in total. The number of rotatable bonds is 10. The fraction of sp³-hybridized carbons (Fsp3) is 0.409. The number of hydrogen-bond donors (Lipinski definition) is 1. The number of carbonyl (C=O) groups is 1. The highest BCUT2D eigenvalue weighted by Gasteiger charge is 2.27. The van der Waals surface area contributed by atoms with E-state index >= 15 is 0 Å². The summed E-state index contributed by atoms with van der Waals surface area (Å²) in [7, 11) is -2.10. The Balaban J connectivity index is 1.80. The third kappa shape index (κ3) is 5.25. The maximum Gasteiger partial charge on any atom is 0.293 e. The molecular weight excluding hydrogens is 432 g/mol. The van der Waals surface area contributed by atoms with Gasteiger partial charge in [-0.2, -0.15) is 4.31 Å². The molecule has 1 amide bonds. The van der Waals surface area contributed by atoms with Crippen molar-refractivity contribution in [3.05, 3.63) is 63.7 Å². The molecule has 3 rings (SSSR count). The highest BCUT2D eigenvalue weighted by molar-refractivity contribution is 7.89. The Morgan fingerprint density at radius 2 is 1.75 bits per heavy atom. The van der Waals surface area contributed by atoms with Crippen molar-refractivity contribution in [3.8, 4) is 0 Å². The monoisotopic (exact) mass is 460 g/mol. The lowest BCUT2D eigenvalue weighted by atomic mass is 10.1. The van der Waals surface area contributed by atoms with Crippen molar-refractivity contribution in [3.63, 3.8) is 0 Å². The molecule has 0 atom stereocenters. The van der Waals surface area contributed by atoms with Gasteiger partial charge in [-0.25, -0.2) is 8.42 Å². The third-order valence-electron chi connectivity index (χ3n) is 5.45. The maximum atomic E-state index is 12.8. The Hall–Kier alpha value is -2.98. The van der Waals surface area contributed by atoms with Crippen LogP contribution in [0.15, 0.2) is 47.4 Å². The lowest BCUT2D eigenvalue weighted by Gasteiger charge is -2.21. The van der Waals surface area contributed by atoms with E-state index < -0.39 is 14.9 Å². The van der Waals surface area contributed by atoms with Crippen LogP contribution in [0.25, 0.3) is 0 Å². The van der Waals surface area contributed by atoms with Gasteiger partial charge < -0.3 is 10.2 Å². The second-order valence-corrected chi connectivity index (χ2v) is 9.74. The molecule has 1 aliphatic carbocycles. The zero-order valence-corrected chi connectivity index (χ0v) is 19.3. The average Bonchev–Trinajstić information content (AvgIpc) is 3.58. The quantitative estimate of drug-likeness (QED) is 0.430. The molecule has 0 aliphatic heterocycles. The van der Waals surface area contributed by atoms with Crippen LogP contribution in [-0.2, 0) is 16.6 Å². The van der Waals surface area contributed by atoms with E-state index in [9.17, 15) is 23.3 Å². The SMILES string of the molecule is CCN(CC)S(=O)(=O)c1ccc(N(C)Cc2ccc(C(=O)NC3CC3)cc2)c([N+](=O)[O-])c1. The molecule has 32 heavy (non-hydrogen) atoms. The highest BCUT2D eigenvalue weighted by Crippen LogP contribution is 2.32. The van der Waals surface area contributed by atoms with Crippen molar-refractivity contribution in [2.45, 2.75) is 44.2 Å². The predicted molar refractivity (Wildman–Crippen MR) is 122 cm³/mol. The van der Waals surface area contributed by atoms with E-state index in [2.05, 4.69) is 5.32 Å². The van der Waals surface area contributed by atoms with Crippen molar-refractivity contribution < 1.29 is 18.1 Å².